The minimum Gasteiger partial charge on any atom is -0.762 e. The molecule has 0 atom stereocenters. The van der Waals surface area contributed by atoms with Gasteiger partial charge in [-0.1, -0.05) is 77.9 Å². The van der Waals surface area contributed by atoms with Gasteiger partial charge in [0.2, 0.25) is 6.17 Å². The molecule has 0 aliphatic carbocycles. The first-order valence-corrected chi connectivity index (χ1v) is 16.4. The molecule has 8 rings (SSSR count). The highest BCUT2D eigenvalue weighted by Crippen LogP contribution is 2.40. The molecule has 0 saturated heterocycles. The molecular formula is C40H24N15. The molecule has 0 unspecified atom stereocenters. The molecule has 2 aromatic heterocycles. The van der Waals surface area contributed by atoms with Gasteiger partial charge in [-0.15, -0.1) is 4.52 Å². The second-order valence-electron chi connectivity index (χ2n) is 11.7. The van der Waals surface area contributed by atoms with Crippen molar-refractivity contribution in [2.45, 2.75) is 0 Å². The predicted octanol–water partition coefficient (Wildman–Crippen LogP) is 4.36. The number of rotatable bonds is 3. The van der Waals surface area contributed by atoms with Crippen LogP contribution in [-0.2, 0) is 0 Å². The van der Waals surface area contributed by atoms with Crippen molar-refractivity contribution in [3.63, 3.8) is 0 Å². The fraction of sp³-hybridized carbons (Fsp3) is 0.0500. The molecule has 1 radical (unpaired) electrons. The number of amidine groups is 1. The summed E-state index contributed by atoms with van der Waals surface area (Å²) >= 11 is 0. The topological polar surface area (TPSA) is 206 Å². The second-order valence-corrected chi connectivity index (χ2v) is 11.7. The number of hydrogen-bond acceptors (Lipinski definition) is 13. The van der Waals surface area contributed by atoms with Gasteiger partial charge < -0.3 is 5.41 Å². The Morgan fingerprint density at radius 1 is 0.709 bits per heavy atom. The molecule has 0 bridgehead atoms. The summed E-state index contributed by atoms with van der Waals surface area (Å²) in [4.78, 5) is 9.96. The Morgan fingerprint density at radius 3 is 2.00 bits per heavy atom. The maximum atomic E-state index is 8.46. The largest absolute Gasteiger partial charge is 0.762 e. The van der Waals surface area contributed by atoms with Crippen molar-refractivity contribution in [2.75, 3.05) is 19.1 Å². The van der Waals surface area contributed by atoms with E-state index >= 15 is 0 Å². The molecule has 55 heavy (non-hydrogen) atoms. The van der Waals surface area contributed by atoms with Gasteiger partial charge in [0.05, 0.1) is 11.1 Å². The van der Waals surface area contributed by atoms with Crippen LogP contribution in [0, 0.1) is 51.5 Å². The zero-order chi connectivity index (χ0) is 38.5. The van der Waals surface area contributed by atoms with E-state index in [-0.39, 0.29) is 0 Å². The van der Waals surface area contributed by atoms with Crippen LogP contribution in [0.4, 0.5) is 5.82 Å². The molecule has 15 heteroatoms. The van der Waals surface area contributed by atoms with E-state index in [0.29, 0.717) is 34.9 Å². The van der Waals surface area contributed by atoms with Crippen LogP contribution in [0.2, 0.25) is 0 Å². The lowest BCUT2D eigenvalue weighted by atomic mass is 9.85. The minimum absolute atomic E-state index is 0.477. The third-order valence-corrected chi connectivity index (χ3v) is 8.38. The Balaban J connectivity index is 0.000000309. The van der Waals surface area contributed by atoms with Gasteiger partial charge in [0, 0.05) is 43.1 Å². The third kappa shape index (κ3) is 6.41. The maximum Gasteiger partial charge on any atom is 0.350 e. The number of allylic oxidation sites excluding steroid dienone is 6. The van der Waals surface area contributed by atoms with Crippen molar-refractivity contribution < 1.29 is 4.52 Å². The van der Waals surface area contributed by atoms with Crippen molar-refractivity contribution in [2.24, 2.45) is 20.3 Å². The summed E-state index contributed by atoms with van der Waals surface area (Å²) in [6.45, 7) is 0. The number of anilines is 1. The smallest absolute Gasteiger partial charge is 0.350 e. The van der Waals surface area contributed by atoms with E-state index in [1.54, 1.807) is 19.5 Å². The normalized spacial score (nSPS) is 16.4. The number of benzene rings is 2. The van der Waals surface area contributed by atoms with Crippen LogP contribution in [0.15, 0.2) is 152 Å². The van der Waals surface area contributed by atoms with E-state index in [1.165, 1.54) is 30.1 Å². The minimum atomic E-state index is -0.527. The molecule has 0 fully saturated rings. The highest BCUT2D eigenvalue weighted by atomic mass is 15.6. The van der Waals surface area contributed by atoms with E-state index in [0.717, 1.165) is 33.7 Å². The lowest BCUT2D eigenvalue weighted by Crippen LogP contribution is -2.43. The van der Waals surface area contributed by atoms with Crippen molar-refractivity contribution in [1.82, 2.24) is 20.1 Å². The van der Waals surface area contributed by atoms with Gasteiger partial charge in [-0.25, -0.2) is 20.9 Å². The van der Waals surface area contributed by atoms with Gasteiger partial charge >= 0.3 is 5.65 Å². The van der Waals surface area contributed by atoms with Crippen LogP contribution in [-0.4, -0.2) is 63.0 Å². The Hall–Kier alpha value is -8.62. The van der Waals surface area contributed by atoms with Crippen molar-refractivity contribution in [3.8, 4) is 24.3 Å². The van der Waals surface area contributed by atoms with E-state index < -0.39 is 16.7 Å². The Kier molecular flexibility index (Phi) is 9.45. The number of nitrogens with zero attached hydrogens (tertiary/aromatic N) is 15. The van der Waals surface area contributed by atoms with E-state index in [1.807, 2.05) is 99.3 Å². The number of nitriles is 4. The first-order valence-electron chi connectivity index (χ1n) is 16.4. The van der Waals surface area contributed by atoms with Crippen LogP contribution >= 0.6 is 0 Å². The predicted molar refractivity (Wildman–Crippen MR) is 204 cm³/mol. The zero-order valence-electron chi connectivity index (χ0n) is 29.1. The Bertz CT molecular complexity index is 2720. The Labute approximate surface area is 314 Å². The number of hydrazone groups is 3. The van der Waals surface area contributed by atoms with Crippen molar-refractivity contribution in [1.29, 1.82) is 21.0 Å². The molecule has 4 aliphatic rings. The lowest BCUT2D eigenvalue weighted by molar-refractivity contribution is -0.583. The SMILES string of the molecule is CN1N=C(c2ccccc2)/C(=C2/C(c3ccccc3)=NN(C)c3nc4cccc[n+]4nc32)C2=NN3C=CC=CC3=N[C]21.N#CC(=C=[N-])C(C#N)=C(C#N)C#N. The lowest BCUT2D eigenvalue weighted by Gasteiger charge is -2.36. The molecule has 0 amide bonds. The molecule has 0 spiro atoms. The van der Waals surface area contributed by atoms with E-state index in [2.05, 4.69) is 24.3 Å². The molecule has 15 nitrogen and oxygen atoms in total. The van der Waals surface area contributed by atoms with Crippen LogP contribution in [0.5, 0.6) is 0 Å². The molecule has 0 N–H and O–H groups in total. The van der Waals surface area contributed by atoms with E-state index in [4.69, 9.17) is 56.8 Å². The molecule has 4 aromatic rings. The fourth-order valence-electron chi connectivity index (χ4n) is 5.90. The number of pyridine rings is 1. The van der Waals surface area contributed by atoms with Crippen molar-refractivity contribution >= 4 is 45.9 Å². The number of fused-ring (bicyclic) bond motifs is 4. The standard InChI is InChI=1S/C32H24N10.C8N5/c1-39-31-29(37-41-19-11-9-17-23(41)33-31)25(27(35-39)21-13-5-3-6-14-21)26-28(22-15-7-4-8-16-22)36-40(2)32-30(26)38-42-20-12-10-18-24(42)34-32;9-1-6(2-10)8(5-13)7(3-11)4-12/h3-20H,1-2H3;/q+1;-1/b26-25+;. The summed E-state index contributed by atoms with van der Waals surface area (Å²) in [5.41, 5.74) is 5.44. The number of aromatic nitrogens is 3. The maximum absolute atomic E-state index is 8.46. The first kappa shape index (κ1) is 34.8. The van der Waals surface area contributed by atoms with Gasteiger partial charge in [0.25, 0.3) is 5.82 Å². The van der Waals surface area contributed by atoms with Crippen LogP contribution in [0.25, 0.3) is 16.6 Å². The highest BCUT2D eigenvalue weighted by Gasteiger charge is 2.43. The molecule has 0 saturated carbocycles. The van der Waals surface area contributed by atoms with Gasteiger partial charge in [0.1, 0.15) is 58.8 Å². The fourth-order valence-corrected chi connectivity index (χ4v) is 5.90. The molecule has 6 heterocycles. The molecule has 259 valence electrons. The highest BCUT2D eigenvalue weighted by molar-refractivity contribution is 6.48. The number of hydrogen-bond donors (Lipinski definition) is 0. The summed E-state index contributed by atoms with van der Waals surface area (Å²) < 4.78 is 1.79. The summed E-state index contributed by atoms with van der Waals surface area (Å²) in [6, 6.07) is 31.8. The Morgan fingerprint density at radius 2 is 1.36 bits per heavy atom. The van der Waals surface area contributed by atoms with Gasteiger partial charge in [0.15, 0.2) is 11.5 Å². The quantitative estimate of drug-likeness (QED) is 0.128. The van der Waals surface area contributed by atoms with Gasteiger partial charge in [-0.3, -0.25) is 5.01 Å². The van der Waals surface area contributed by atoms with Crippen LogP contribution in [0.3, 0.4) is 0 Å². The third-order valence-electron chi connectivity index (χ3n) is 8.38. The zero-order valence-corrected chi connectivity index (χ0v) is 29.1. The summed E-state index contributed by atoms with van der Waals surface area (Å²) in [7, 11) is 3.80. The monoisotopic (exact) mass is 714 g/mol. The van der Waals surface area contributed by atoms with Crippen molar-refractivity contribution in [3.05, 3.63) is 160 Å². The first-order chi connectivity index (χ1) is 26.9. The van der Waals surface area contributed by atoms with Gasteiger partial charge in [-0.05, 0) is 23.2 Å². The summed E-state index contributed by atoms with van der Waals surface area (Å²) in [5, 5.41) is 67.7. The van der Waals surface area contributed by atoms with Gasteiger partial charge in [-0.2, -0.15) is 36.4 Å². The average Bonchev–Trinajstić information content (AvgIpc) is 3.24. The molecule has 2 aromatic carbocycles. The average molecular weight is 715 g/mol. The van der Waals surface area contributed by atoms with Crippen LogP contribution in [0.1, 0.15) is 16.8 Å². The second kappa shape index (κ2) is 14.9. The van der Waals surface area contributed by atoms with Crippen LogP contribution < -0.4 is 9.52 Å². The van der Waals surface area contributed by atoms with E-state index in [9.17, 15) is 0 Å². The molecular weight excluding hydrogens is 691 g/mol. The number of aliphatic imine (C=N–C) groups is 1. The molecule has 4 aliphatic heterocycles. The summed E-state index contributed by atoms with van der Waals surface area (Å²) in [5.74, 6) is 2.78. The summed E-state index contributed by atoms with van der Waals surface area (Å²) in [6.07, 6.45) is 10.3.